The molecule has 5 heteroatoms. The molecule has 2 amide bonds. The molecule has 0 saturated carbocycles. The van der Waals surface area contributed by atoms with E-state index in [0.717, 1.165) is 0 Å². The Hall–Kier alpha value is -2.82. The molecule has 5 nitrogen and oxygen atoms in total. The van der Waals surface area contributed by atoms with E-state index in [9.17, 15) is 9.59 Å². The van der Waals surface area contributed by atoms with Crippen LogP contribution in [0.5, 0.6) is 5.75 Å². The van der Waals surface area contributed by atoms with Gasteiger partial charge in [-0.3, -0.25) is 9.59 Å². The summed E-state index contributed by atoms with van der Waals surface area (Å²) in [4.78, 5) is 24.3. The average Bonchev–Trinajstić information content (AvgIpc) is 2.50. The third-order valence-corrected chi connectivity index (χ3v) is 3.46. The zero-order valence-corrected chi connectivity index (χ0v) is 12.3. The Morgan fingerprint density at radius 3 is 2.55 bits per heavy atom. The van der Waals surface area contributed by atoms with Crippen molar-refractivity contribution < 1.29 is 14.3 Å². The highest BCUT2D eigenvalue weighted by molar-refractivity contribution is 6.09. The van der Waals surface area contributed by atoms with Gasteiger partial charge >= 0.3 is 0 Å². The van der Waals surface area contributed by atoms with E-state index in [1.165, 1.54) is 0 Å². The van der Waals surface area contributed by atoms with Crippen LogP contribution in [0.15, 0.2) is 48.5 Å². The number of hydrogen-bond donors (Lipinski definition) is 2. The second-order valence-electron chi connectivity index (χ2n) is 5.57. The van der Waals surface area contributed by atoms with Gasteiger partial charge in [0.25, 0.3) is 11.8 Å². The van der Waals surface area contributed by atoms with Crippen molar-refractivity contribution in [3.8, 4) is 5.75 Å². The third-order valence-electron chi connectivity index (χ3n) is 3.46. The number of nitrogens with one attached hydrogen (secondary N) is 2. The maximum atomic E-state index is 12.2. The third kappa shape index (κ3) is 2.53. The first-order chi connectivity index (χ1) is 10.5. The monoisotopic (exact) mass is 296 g/mol. The summed E-state index contributed by atoms with van der Waals surface area (Å²) in [5.74, 6) is 0.0463. The molecule has 22 heavy (non-hydrogen) atoms. The van der Waals surface area contributed by atoms with E-state index in [2.05, 4.69) is 10.6 Å². The molecule has 1 aliphatic heterocycles. The van der Waals surface area contributed by atoms with Gasteiger partial charge in [-0.15, -0.1) is 0 Å². The summed E-state index contributed by atoms with van der Waals surface area (Å²) in [5.41, 5.74) is 0.601. The van der Waals surface area contributed by atoms with Gasteiger partial charge in [0.1, 0.15) is 11.4 Å². The van der Waals surface area contributed by atoms with Crippen molar-refractivity contribution in [3.05, 3.63) is 54.1 Å². The number of carbonyl (C=O) groups excluding carboxylic acids is 2. The molecule has 3 rings (SSSR count). The number of fused-ring (bicyclic) bond motifs is 1. The molecule has 0 bridgehead atoms. The number of anilines is 2. The van der Waals surface area contributed by atoms with Crippen molar-refractivity contribution >= 4 is 23.2 Å². The van der Waals surface area contributed by atoms with E-state index >= 15 is 0 Å². The maximum absolute atomic E-state index is 12.2. The Balaban J connectivity index is 1.91. The number of rotatable bonds is 2. The lowest BCUT2D eigenvalue weighted by atomic mass is 10.1. The molecule has 1 aliphatic rings. The van der Waals surface area contributed by atoms with Crippen LogP contribution >= 0.6 is 0 Å². The summed E-state index contributed by atoms with van der Waals surface area (Å²) in [6.07, 6.45) is 0. The molecular formula is C17H16N2O3. The fourth-order valence-corrected chi connectivity index (χ4v) is 2.22. The predicted octanol–water partition coefficient (Wildman–Crippen LogP) is 3.05. The predicted molar refractivity (Wildman–Crippen MR) is 84.2 cm³/mol. The van der Waals surface area contributed by atoms with E-state index in [4.69, 9.17) is 4.74 Å². The minimum Gasteiger partial charge on any atom is -0.476 e. The number of carbonyl (C=O) groups is 2. The smallest absolute Gasteiger partial charge is 0.268 e. The highest BCUT2D eigenvalue weighted by Gasteiger charge is 2.36. The minimum absolute atomic E-state index is 0.243. The second-order valence-corrected chi connectivity index (χ2v) is 5.57. The normalized spacial score (nSPS) is 15.3. The van der Waals surface area contributed by atoms with E-state index in [0.29, 0.717) is 22.7 Å². The van der Waals surface area contributed by atoms with Crippen molar-refractivity contribution in [3.63, 3.8) is 0 Å². The zero-order valence-electron chi connectivity index (χ0n) is 12.3. The Bertz CT molecular complexity index is 739. The molecule has 0 unspecified atom stereocenters. The van der Waals surface area contributed by atoms with E-state index in [1.807, 2.05) is 6.07 Å². The van der Waals surface area contributed by atoms with Crippen molar-refractivity contribution in [2.75, 3.05) is 10.6 Å². The zero-order chi connectivity index (χ0) is 15.7. The molecule has 0 aromatic heterocycles. The first-order valence-corrected chi connectivity index (χ1v) is 6.97. The quantitative estimate of drug-likeness (QED) is 0.895. The van der Waals surface area contributed by atoms with Crippen LogP contribution in [0.3, 0.4) is 0 Å². The number of benzene rings is 2. The van der Waals surface area contributed by atoms with Gasteiger partial charge < -0.3 is 15.4 Å². The lowest BCUT2D eigenvalue weighted by Crippen LogP contribution is -2.45. The van der Waals surface area contributed by atoms with Gasteiger partial charge in [-0.1, -0.05) is 24.3 Å². The van der Waals surface area contributed by atoms with Crippen LogP contribution in [-0.4, -0.2) is 17.4 Å². The van der Waals surface area contributed by atoms with Crippen LogP contribution in [-0.2, 0) is 4.79 Å². The summed E-state index contributed by atoms with van der Waals surface area (Å²) < 4.78 is 5.70. The molecule has 1 heterocycles. The summed E-state index contributed by atoms with van der Waals surface area (Å²) in [6.45, 7) is 3.39. The van der Waals surface area contributed by atoms with E-state index in [-0.39, 0.29) is 11.8 Å². The summed E-state index contributed by atoms with van der Waals surface area (Å²) in [7, 11) is 0. The summed E-state index contributed by atoms with van der Waals surface area (Å²) in [5, 5.41) is 5.60. The van der Waals surface area contributed by atoms with E-state index < -0.39 is 5.60 Å². The van der Waals surface area contributed by atoms with Crippen LogP contribution in [0.1, 0.15) is 24.2 Å². The molecule has 0 radical (unpaired) electrons. The molecule has 112 valence electrons. The molecule has 0 spiro atoms. The van der Waals surface area contributed by atoms with Gasteiger partial charge in [0.05, 0.1) is 5.69 Å². The van der Waals surface area contributed by atoms with Crippen molar-refractivity contribution in [2.24, 2.45) is 0 Å². The Kier molecular flexibility index (Phi) is 3.33. The van der Waals surface area contributed by atoms with Crippen LogP contribution in [0, 0.1) is 0 Å². The molecule has 2 N–H and O–H groups in total. The number of ether oxygens (including phenoxy) is 1. The van der Waals surface area contributed by atoms with Gasteiger partial charge in [0.15, 0.2) is 5.60 Å². The minimum atomic E-state index is -0.935. The molecule has 0 fully saturated rings. The fraction of sp³-hybridized carbons (Fsp3) is 0.176. The van der Waals surface area contributed by atoms with Crippen molar-refractivity contribution in [2.45, 2.75) is 19.4 Å². The summed E-state index contributed by atoms with van der Waals surface area (Å²) in [6, 6.07) is 14.1. The molecule has 0 saturated heterocycles. The van der Waals surface area contributed by atoms with Gasteiger partial charge in [0.2, 0.25) is 0 Å². The van der Waals surface area contributed by atoms with Crippen LogP contribution in [0.25, 0.3) is 0 Å². The van der Waals surface area contributed by atoms with Gasteiger partial charge in [0, 0.05) is 5.56 Å². The van der Waals surface area contributed by atoms with Gasteiger partial charge in [-0.05, 0) is 38.1 Å². The molecule has 2 aromatic rings. The number of amides is 2. The number of hydrogen-bond acceptors (Lipinski definition) is 3. The summed E-state index contributed by atoms with van der Waals surface area (Å²) >= 11 is 0. The number of para-hydroxylation sites is 1. The van der Waals surface area contributed by atoms with Crippen LogP contribution in [0.4, 0.5) is 11.4 Å². The van der Waals surface area contributed by atoms with Gasteiger partial charge in [-0.2, -0.15) is 0 Å². The Morgan fingerprint density at radius 1 is 1.09 bits per heavy atom. The second kappa shape index (κ2) is 5.18. The van der Waals surface area contributed by atoms with Crippen LogP contribution < -0.4 is 15.4 Å². The molecule has 0 atom stereocenters. The fourth-order valence-electron chi connectivity index (χ4n) is 2.22. The molecular weight excluding hydrogens is 280 g/mol. The molecule has 0 aliphatic carbocycles. The topological polar surface area (TPSA) is 67.4 Å². The van der Waals surface area contributed by atoms with Crippen LogP contribution in [0.2, 0.25) is 0 Å². The first kappa shape index (κ1) is 14.1. The largest absolute Gasteiger partial charge is 0.476 e. The first-order valence-electron chi connectivity index (χ1n) is 6.97. The highest BCUT2D eigenvalue weighted by Crippen LogP contribution is 2.39. The highest BCUT2D eigenvalue weighted by atomic mass is 16.5. The Morgan fingerprint density at radius 2 is 1.82 bits per heavy atom. The van der Waals surface area contributed by atoms with Crippen molar-refractivity contribution in [1.82, 2.24) is 0 Å². The van der Waals surface area contributed by atoms with Crippen molar-refractivity contribution in [1.29, 1.82) is 0 Å². The van der Waals surface area contributed by atoms with E-state index in [1.54, 1.807) is 56.3 Å². The maximum Gasteiger partial charge on any atom is 0.268 e. The standard InChI is InChI=1S/C17H16N2O3/c1-17(2)16(21)19-14-12(9-6-10-13(14)22-17)18-15(20)11-7-4-3-5-8-11/h3-10H,1-2H3,(H,18,20)(H,19,21). The Labute approximate surface area is 128 Å². The lowest BCUT2D eigenvalue weighted by Gasteiger charge is -2.32. The molecule has 2 aromatic carbocycles. The average molecular weight is 296 g/mol. The lowest BCUT2D eigenvalue weighted by molar-refractivity contribution is -0.129. The SMILES string of the molecule is CC1(C)Oc2cccc(NC(=O)c3ccccc3)c2NC1=O. The van der Waals surface area contributed by atoms with Gasteiger partial charge in [-0.25, -0.2) is 0 Å².